The molecule has 0 aliphatic heterocycles. The standard InChI is InChI=1S/C22H23N5O3S/c1-14-8-10-16(11-9-14)31(29,30)26-24-21-20(28)19-15(2)25-27(17(19)13-22(21,3)4)18-7-5-6-12-23-18/h5-12,26H,13H2,1-4H3. The number of nitrogens with zero attached hydrogens (tertiary/aromatic N) is 4. The van der Waals surface area contributed by atoms with Crippen molar-refractivity contribution in [3.8, 4) is 5.82 Å². The Kier molecular flexibility index (Phi) is 5.01. The van der Waals surface area contributed by atoms with E-state index in [0.29, 0.717) is 23.5 Å². The van der Waals surface area contributed by atoms with E-state index in [9.17, 15) is 13.2 Å². The first-order valence-corrected chi connectivity index (χ1v) is 11.3. The lowest BCUT2D eigenvalue weighted by atomic mass is 9.74. The minimum Gasteiger partial charge on any atom is -0.287 e. The second-order valence-electron chi connectivity index (χ2n) is 8.26. The quantitative estimate of drug-likeness (QED) is 0.632. The predicted molar refractivity (Wildman–Crippen MR) is 117 cm³/mol. The summed E-state index contributed by atoms with van der Waals surface area (Å²) in [6.45, 7) is 7.34. The van der Waals surface area contributed by atoms with Crippen LogP contribution in [0.15, 0.2) is 58.7 Å². The number of sulfonamides is 1. The van der Waals surface area contributed by atoms with Crippen molar-refractivity contribution in [3.05, 3.63) is 71.2 Å². The molecule has 31 heavy (non-hydrogen) atoms. The van der Waals surface area contributed by atoms with Gasteiger partial charge in [0.1, 0.15) is 5.71 Å². The summed E-state index contributed by atoms with van der Waals surface area (Å²) >= 11 is 0. The van der Waals surface area contributed by atoms with Gasteiger partial charge in [-0.2, -0.15) is 23.4 Å². The van der Waals surface area contributed by atoms with Gasteiger partial charge in [0, 0.05) is 18.0 Å². The van der Waals surface area contributed by atoms with Crippen LogP contribution in [0.5, 0.6) is 0 Å². The summed E-state index contributed by atoms with van der Waals surface area (Å²) in [5.74, 6) is 0.286. The van der Waals surface area contributed by atoms with Crippen molar-refractivity contribution in [1.29, 1.82) is 0 Å². The lowest BCUT2D eigenvalue weighted by Gasteiger charge is -2.30. The number of Topliss-reactive ketones (excluding diaryl/α,β-unsaturated/α-hetero) is 1. The van der Waals surface area contributed by atoms with Crippen molar-refractivity contribution in [2.45, 2.75) is 39.0 Å². The SMILES string of the molecule is Cc1ccc(S(=O)(=O)NN=C2C(=O)c3c(C)nn(-c4ccccn4)c3CC2(C)C)cc1. The van der Waals surface area contributed by atoms with E-state index in [1.165, 1.54) is 12.1 Å². The molecule has 1 aliphatic rings. The molecule has 1 N–H and O–H groups in total. The molecule has 1 aromatic carbocycles. The zero-order valence-electron chi connectivity index (χ0n) is 17.7. The lowest BCUT2D eigenvalue weighted by Crippen LogP contribution is -2.41. The first-order chi connectivity index (χ1) is 14.6. The van der Waals surface area contributed by atoms with E-state index in [4.69, 9.17) is 0 Å². The van der Waals surface area contributed by atoms with E-state index in [-0.39, 0.29) is 16.4 Å². The highest BCUT2D eigenvalue weighted by Gasteiger charge is 2.42. The summed E-state index contributed by atoms with van der Waals surface area (Å²) in [6.07, 6.45) is 2.12. The fourth-order valence-electron chi connectivity index (χ4n) is 3.71. The van der Waals surface area contributed by atoms with Crippen LogP contribution in [0.25, 0.3) is 5.82 Å². The molecule has 0 amide bonds. The summed E-state index contributed by atoms with van der Waals surface area (Å²) < 4.78 is 27.0. The molecule has 0 spiro atoms. The molecular formula is C22H23N5O3S. The van der Waals surface area contributed by atoms with Crippen LogP contribution in [0.3, 0.4) is 0 Å². The Labute approximate surface area is 181 Å². The molecule has 3 aromatic rings. The molecule has 9 heteroatoms. The molecule has 0 atom stereocenters. The Morgan fingerprint density at radius 2 is 1.81 bits per heavy atom. The van der Waals surface area contributed by atoms with Crippen molar-refractivity contribution in [1.82, 2.24) is 19.6 Å². The number of hydrazone groups is 1. The van der Waals surface area contributed by atoms with Gasteiger partial charge in [0.05, 0.1) is 21.8 Å². The number of fused-ring (bicyclic) bond motifs is 1. The van der Waals surface area contributed by atoms with Crippen molar-refractivity contribution >= 4 is 21.5 Å². The Hall–Kier alpha value is -3.33. The summed E-state index contributed by atoms with van der Waals surface area (Å²) in [4.78, 5) is 20.0. The molecule has 0 radical (unpaired) electrons. The molecule has 1 aliphatic carbocycles. The van der Waals surface area contributed by atoms with Gasteiger partial charge in [0.15, 0.2) is 5.82 Å². The molecule has 0 bridgehead atoms. The van der Waals surface area contributed by atoms with Crippen LogP contribution >= 0.6 is 0 Å². The highest BCUT2D eigenvalue weighted by molar-refractivity contribution is 7.89. The molecule has 0 unspecified atom stereocenters. The Balaban J connectivity index is 1.73. The van der Waals surface area contributed by atoms with Crippen LogP contribution in [-0.2, 0) is 16.4 Å². The van der Waals surface area contributed by atoms with Gasteiger partial charge in [-0.05, 0) is 38.1 Å². The van der Waals surface area contributed by atoms with Gasteiger partial charge in [0.25, 0.3) is 10.0 Å². The van der Waals surface area contributed by atoms with Gasteiger partial charge < -0.3 is 0 Å². The number of hydrogen-bond donors (Lipinski definition) is 1. The molecule has 8 nitrogen and oxygen atoms in total. The third-order valence-electron chi connectivity index (χ3n) is 5.32. The van der Waals surface area contributed by atoms with E-state index in [1.54, 1.807) is 29.9 Å². The van der Waals surface area contributed by atoms with Gasteiger partial charge in [-0.15, -0.1) is 0 Å². The van der Waals surface area contributed by atoms with E-state index < -0.39 is 15.4 Å². The first kappa shape index (κ1) is 20.9. The van der Waals surface area contributed by atoms with E-state index in [1.807, 2.05) is 39.0 Å². The minimum absolute atomic E-state index is 0.0864. The number of carbonyl (C=O) groups excluding carboxylic acids is 1. The number of aryl methyl sites for hydroxylation is 2. The average molecular weight is 438 g/mol. The number of pyridine rings is 1. The molecule has 2 aromatic heterocycles. The number of hydrogen-bond acceptors (Lipinski definition) is 6. The smallest absolute Gasteiger partial charge is 0.276 e. The number of nitrogens with one attached hydrogen (secondary N) is 1. The fraction of sp³-hybridized carbons (Fsp3) is 0.273. The van der Waals surface area contributed by atoms with Crippen LogP contribution in [0.2, 0.25) is 0 Å². The number of ketones is 1. The zero-order chi connectivity index (χ0) is 22.4. The maximum atomic E-state index is 13.4. The maximum absolute atomic E-state index is 13.4. The molecule has 2 heterocycles. The predicted octanol–water partition coefficient (Wildman–Crippen LogP) is 2.98. The summed E-state index contributed by atoms with van der Waals surface area (Å²) in [6, 6.07) is 11.9. The van der Waals surface area contributed by atoms with E-state index in [2.05, 4.69) is 20.0 Å². The second kappa shape index (κ2) is 7.42. The Morgan fingerprint density at radius 1 is 1.10 bits per heavy atom. The molecule has 4 rings (SSSR count). The van der Waals surface area contributed by atoms with Crippen LogP contribution in [0.4, 0.5) is 0 Å². The molecule has 0 saturated heterocycles. The van der Waals surface area contributed by atoms with Crippen LogP contribution in [0, 0.1) is 19.3 Å². The van der Waals surface area contributed by atoms with Crippen LogP contribution in [-0.4, -0.2) is 34.7 Å². The monoisotopic (exact) mass is 437 g/mol. The van der Waals surface area contributed by atoms with Crippen LogP contribution < -0.4 is 4.83 Å². The van der Waals surface area contributed by atoms with Crippen molar-refractivity contribution in [2.75, 3.05) is 0 Å². The summed E-state index contributed by atoms with van der Waals surface area (Å²) in [5.41, 5.74) is 2.12. The lowest BCUT2D eigenvalue weighted by molar-refractivity contribution is 0.104. The van der Waals surface area contributed by atoms with Gasteiger partial charge in [-0.3, -0.25) is 4.79 Å². The molecule has 0 fully saturated rings. The number of benzene rings is 1. The average Bonchev–Trinajstić information content (AvgIpc) is 3.04. The topological polar surface area (TPSA) is 106 Å². The summed E-state index contributed by atoms with van der Waals surface area (Å²) in [5, 5.41) is 8.60. The van der Waals surface area contributed by atoms with Gasteiger partial charge in [-0.1, -0.05) is 37.6 Å². The van der Waals surface area contributed by atoms with E-state index in [0.717, 1.165) is 11.3 Å². The maximum Gasteiger partial charge on any atom is 0.276 e. The fourth-order valence-corrected chi connectivity index (χ4v) is 4.52. The largest absolute Gasteiger partial charge is 0.287 e. The van der Waals surface area contributed by atoms with E-state index >= 15 is 0 Å². The third kappa shape index (κ3) is 3.76. The highest BCUT2D eigenvalue weighted by Crippen LogP contribution is 2.35. The molecule has 0 saturated carbocycles. The number of carbonyl (C=O) groups is 1. The van der Waals surface area contributed by atoms with Gasteiger partial charge in [-0.25, -0.2) is 9.67 Å². The Bertz CT molecular complexity index is 1290. The minimum atomic E-state index is -3.90. The molecular weight excluding hydrogens is 414 g/mol. The first-order valence-electron chi connectivity index (χ1n) is 9.81. The molecule has 160 valence electrons. The third-order valence-corrected chi connectivity index (χ3v) is 6.55. The highest BCUT2D eigenvalue weighted by atomic mass is 32.2. The van der Waals surface area contributed by atoms with Crippen molar-refractivity contribution in [2.24, 2.45) is 10.5 Å². The summed E-state index contributed by atoms with van der Waals surface area (Å²) in [7, 11) is -3.90. The Morgan fingerprint density at radius 3 is 2.45 bits per heavy atom. The van der Waals surface area contributed by atoms with Gasteiger partial charge in [0.2, 0.25) is 5.78 Å². The number of aromatic nitrogens is 3. The second-order valence-corrected chi connectivity index (χ2v) is 9.93. The number of rotatable bonds is 4. The van der Waals surface area contributed by atoms with Crippen LogP contribution in [0.1, 0.15) is 41.2 Å². The zero-order valence-corrected chi connectivity index (χ0v) is 18.6. The van der Waals surface area contributed by atoms with Gasteiger partial charge >= 0.3 is 0 Å². The van der Waals surface area contributed by atoms with Crippen molar-refractivity contribution < 1.29 is 13.2 Å². The van der Waals surface area contributed by atoms with Crippen molar-refractivity contribution in [3.63, 3.8) is 0 Å². The normalized spacial score (nSPS) is 16.9.